The number of hydrogen-bond donors (Lipinski definition) is 1. The van der Waals surface area contributed by atoms with Crippen molar-refractivity contribution in [2.45, 2.75) is 33.1 Å². The number of aryl methyl sites for hydroxylation is 1. The van der Waals surface area contributed by atoms with Crippen molar-refractivity contribution < 1.29 is 0 Å². The molecule has 0 amide bonds. The monoisotopic (exact) mass is 258 g/mol. The zero-order valence-electron chi connectivity index (χ0n) is 11.3. The van der Waals surface area contributed by atoms with E-state index >= 15 is 0 Å². The minimum Gasteiger partial charge on any atom is -0.311 e. The summed E-state index contributed by atoms with van der Waals surface area (Å²) >= 11 is 0. The van der Waals surface area contributed by atoms with Crippen molar-refractivity contribution in [3.8, 4) is 5.69 Å². The van der Waals surface area contributed by atoms with E-state index in [1.807, 2.05) is 18.2 Å². The maximum Gasteiger partial charge on any atom is 0.333 e. The number of nitrogens with one attached hydrogen (secondary N) is 1. The summed E-state index contributed by atoms with van der Waals surface area (Å²) < 4.78 is 1.21. The van der Waals surface area contributed by atoms with Crippen LogP contribution in [0.25, 0.3) is 5.69 Å². The van der Waals surface area contributed by atoms with E-state index in [-0.39, 0.29) is 11.2 Å². The van der Waals surface area contributed by atoms with Crippen molar-refractivity contribution >= 4 is 0 Å². The van der Waals surface area contributed by atoms with Crippen molar-refractivity contribution in [2.24, 2.45) is 0 Å². The summed E-state index contributed by atoms with van der Waals surface area (Å²) in [6, 6.07) is 9.00. The van der Waals surface area contributed by atoms with Crippen LogP contribution in [0.1, 0.15) is 31.0 Å². The molecule has 1 aromatic carbocycles. The Hall–Kier alpha value is -2.10. The molecule has 0 aliphatic carbocycles. The van der Waals surface area contributed by atoms with Crippen LogP contribution in [0.2, 0.25) is 0 Å². The molecule has 0 atom stereocenters. The SMILES string of the molecule is CCCCc1c(C)[nH]c(=O)n(-c2ccccc2)c1=O. The van der Waals surface area contributed by atoms with E-state index in [9.17, 15) is 9.59 Å². The lowest BCUT2D eigenvalue weighted by Crippen LogP contribution is -2.36. The minimum atomic E-state index is -0.381. The molecule has 19 heavy (non-hydrogen) atoms. The van der Waals surface area contributed by atoms with Crippen molar-refractivity contribution in [1.29, 1.82) is 0 Å². The van der Waals surface area contributed by atoms with Crippen LogP contribution >= 0.6 is 0 Å². The molecule has 0 saturated carbocycles. The van der Waals surface area contributed by atoms with Crippen molar-refractivity contribution in [3.63, 3.8) is 0 Å². The smallest absolute Gasteiger partial charge is 0.311 e. The molecule has 0 radical (unpaired) electrons. The third-order valence-electron chi connectivity index (χ3n) is 3.21. The van der Waals surface area contributed by atoms with E-state index < -0.39 is 0 Å². The van der Waals surface area contributed by atoms with E-state index in [0.717, 1.165) is 12.8 Å². The number of unbranched alkanes of at least 4 members (excludes halogenated alkanes) is 1. The van der Waals surface area contributed by atoms with Crippen LogP contribution in [0.15, 0.2) is 39.9 Å². The van der Waals surface area contributed by atoms with Gasteiger partial charge in [-0.1, -0.05) is 31.5 Å². The number of para-hydroxylation sites is 1. The number of rotatable bonds is 4. The molecule has 0 unspecified atom stereocenters. The molecule has 0 aliphatic heterocycles. The highest BCUT2D eigenvalue weighted by molar-refractivity contribution is 5.32. The first-order valence-corrected chi connectivity index (χ1v) is 6.55. The van der Waals surface area contributed by atoms with Gasteiger partial charge in [-0.05, 0) is 31.9 Å². The van der Waals surface area contributed by atoms with Gasteiger partial charge in [0.15, 0.2) is 0 Å². The van der Waals surface area contributed by atoms with Crippen LogP contribution in [0.5, 0.6) is 0 Å². The fourth-order valence-corrected chi connectivity index (χ4v) is 2.14. The summed E-state index contributed by atoms with van der Waals surface area (Å²) in [6.45, 7) is 3.86. The molecule has 4 nitrogen and oxygen atoms in total. The van der Waals surface area contributed by atoms with Crippen LogP contribution in [0.3, 0.4) is 0 Å². The second kappa shape index (κ2) is 5.69. The van der Waals surface area contributed by atoms with Gasteiger partial charge in [-0.15, -0.1) is 0 Å². The molecule has 4 heteroatoms. The van der Waals surface area contributed by atoms with Gasteiger partial charge < -0.3 is 4.98 Å². The zero-order chi connectivity index (χ0) is 13.8. The second-order valence-electron chi connectivity index (χ2n) is 4.61. The Morgan fingerprint density at radius 3 is 2.47 bits per heavy atom. The van der Waals surface area contributed by atoms with Crippen LogP contribution in [0, 0.1) is 6.92 Å². The fraction of sp³-hybridized carbons (Fsp3) is 0.333. The topological polar surface area (TPSA) is 54.9 Å². The highest BCUT2D eigenvalue weighted by Gasteiger charge is 2.11. The Labute approximate surface area is 111 Å². The van der Waals surface area contributed by atoms with Crippen molar-refractivity contribution in [1.82, 2.24) is 9.55 Å². The highest BCUT2D eigenvalue weighted by Crippen LogP contribution is 2.05. The Morgan fingerprint density at radius 1 is 1.16 bits per heavy atom. The summed E-state index contributed by atoms with van der Waals surface area (Å²) in [4.78, 5) is 27.2. The van der Waals surface area contributed by atoms with Gasteiger partial charge in [-0.3, -0.25) is 4.79 Å². The number of nitrogens with zero attached hydrogens (tertiary/aromatic N) is 1. The minimum absolute atomic E-state index is 0.207. The van der Waals surface area contributed by atoms with E-state index in [1.165, 1.54) is 4.57 Å². The molecule has 2 aromatic rings. The van der Waals surface area contributed by atoms with Crippen LogP contribution in [-0.2, 0) is 6.42 Å². The second-order valence-corrected chi connectivity index (χ2v) is 4.61. The highest BCUT2D eigenvalue weighted by atomic mass is 16.2. The number of H-pyrrole nitrogens is 1. The molecule has 1 N–H and O–H groups in total. The first-order chi connectivity index (χ1) is 9.15. The molecule has 100 valence electrons. The third kappa shape index (κ3) is 2.67. The Bertz CT molecular complexity index is 669. The Kier molecular flexibility index (Phi) is 4.00. The van der Waals surface area contributed by atoms with Crippen LogP contribution in [0.4, 0.5) is 0 Å². The molecule has 2 rings (SSSR count). The van der Waals surface area contributed by atoms with E-state index in [4.69, 9.17) is 0 Å². The molecule has 1 heterocycles. The van der Waals surface area contributed by atoms with Gasteiger partial charge in [0.2, 0.25) is 0 Å². The van der Waals surface area contributed by atoms with E-state index in [1.54, 1.807) is 19.1 Å². The predicted octanol–water partition coefficient (Wildman–Crippen LogP) is 2.18. The number of hydrogen-bond acceptors (Lipinski definition) is 2. The van der Waals surface area contributed by atoms with E-state index in [2.05, 4.69) is 11.9 Å². The molecule has 0 bridgehead atoms. The van der Waals surface area contributed by atoms with Gasteiger partial charge >= 0.3 is 5.69 Å². The normalized spacial score (nSPS) is 10.6. The average molecular weight is 258 g/mol. The summed E-state index contributed by atoms with van der Waals surface area (Å²) in [5.41, 5.74) is 1.39. The first kappa shape index (κ1) is 13.3. The maximum absolute atomic E-state index is 12.5. The quantitative estimate of drug-likeness (QED) is 0.913. The average Bonchev–Trinajstić information content (AvgIpc) is 2.39. The lowest BCUT2D eigenvalue weighted by molar-refractivity contribution is 0.747. The molecule has 0 fully saturated rings. The van der Waals surface area contributed by atoms with Crippen molar-refractivity contribution in [3.05, 3.63) is 62.4 Å². The standard InChI is InChI=1S/C15H18N2O2/c1-3-4-10-13-11(2)16-15(19)17(14(13)18)12-8-6-5-7-9-12/h5-9H,3-4,10H2,1-2H3,(H,16,19). The van der Waals surface area contributed by atoms with E-state index in [0.29, 0.717) is 23.4 Å². The van der Waals surface area contributed by atoms with Gasteiger partial charge in [-0.25, -0.2) is 9.36 Å². The molecular weight excluding hydrogens is 240 g/mol. The van der Waals surface area contributed by atoms with Gasteiger partial charge in [0, 0.05) is 11.3 Å². The van der Waals surface area contributed by atoms with Crippen molar-refractivity contribution in [2.75, 3.05) is 0 Å². The summed E-state index contributed by atoms with van der Waals surface area (Å²) in [5, 5.41) is 0. The van der Waals surface area contributed by atoms with Crippen LogP contribution in [-0.4, -0.2) is 9.55 Å². The van der Waals surface area contributed by atoms with Gasteiger partial charge in [0.25, 0.3) is 5.56 Å². The largest absolute Gasteiger partial charge is 0.333 e. The Balaban J connectivity index is 2.62. The molecule has 1 aromatic heterocycles. The molecule has 0 spiro atoms. The lowest BCUT2D eigenvalue weighted by Gasteiger charge is -2.09. The van der Waals surface area contributed by atoms with Gasteiger partial charge in [0.05, 0.1) is 5.69 Å². The Morgan fingerprint density at radius 2 is 1.84 bits per heavy atom. The molecule has 0 saturated heterocycles. The van der Waals surface area contributed by atoms with Gasteiger partial charge in [0.1, 0.15) is 0 Å². The predicted molar refractivity (Wildman–Crippen MR) is 76.0 cm³/mol. The van der Waals surface area contributed by atoms with Crippen LogP contribution < -0.4 is 11.2 Å². The lowest BCUT2D eigenvalue weighted by atomic mass is 10.1. The number of aromatic amines is 1. The fourth-order valence-electron chi connectivity index (χ4n) is 2.14. The maximum atomic E-state index is 12.5. The summed E-state index contributed by atoms with van der Waals surface area (Å²) in [6.07, 6.45) is 2.66. The molecule has 0 aliphatic rings. The summed E-state index contributed by atoms with van der Waals surface area (Å²) in [5.74, 6) is 0. The zero-order valence-corrected chi connectivity index (χ0v) is 11.3. The van der Waals surface area contributed by atoms with Gasteiger partial charge in [-0.2, -0.15) is 0 Å². The number of benzene rings is 1. The molecular formula is C15H18N2O2. The number of aromatic nitrogens is 2. The first-order valence-electron chi connectivity index (χ1n) is 6.55. The third-order valence-corrected chi connectivity index (χ3v) is 3.21. The summed E-state index contributed by atoms with van der Waals surface area (Å²) in [7, 11) is 0.